The van der Waals surface area contributed by atoms with E-state index in [-0.39, 0.29) is 11.0 Å². The normalized spacial score (nSPS) is 16.9. The van der Waals surface area contributed by atoms with E-state index in [4.69, 9.17) is 0 Å². The highest BCUT2D eigenvalue weighted by molar-refractivity contribution is 7.10. The summed E-state index contributed by atoms with van der Waals surface area (Å²) in [6, 6.07) is 0. The lowest BCUT2D eigenvalue weighted by atomic mass is 9.92. The zero-order chi connectivity index (χ0) is 14.3. The molecule has 0 radical (unpaired) electrons. The largest absolute Gasteiger partial charge is 0.412 e. The highest BCUT2D eigenvalue weighted by Crippen LogP contribution is 2.26. The van der Waals surface area contributed by atoms with Crippen LogP contribution in [0.5, 0.6) is 0 Å². The summed E-state index contributed by atoms with van der Waals surface area (Å²) in [5.41, 5.74) is 1.50. The monoisotopic (exact) mass is 299 g/mol. The van der Waals surface area contributed by atoms with Crippen LogP contribution in [-0.2, 0) is 0 Å². The number of nitrogens with one attached hydrogen (secondary N) is 1. The second-order valence-corrected chi connectivity index (χ2v) is 5.92. The quantitative estimate of drug-likeness (QED) is 0.932. The fraction of sp³-hybridized carbons (Fsp3) is 0.667. The van der Waals surface area contributed by atoms with Gasteiger partial charge in [0.25, 0.3) is 0 Å². The fourth-order valence-electron chi connectivity index (χ4n) is 2.14. The van der Waals surface area contributed by atoms with E-state index in [2.05, 4.69) is 42.0 Å². The van der Waals surface area contributed by atoms with E-state index in [0.717, 1.165) is 31.2 Å². The van der Waals surface area contributed by atoms with Crippen molar-refractivity contribution in [2.24, 2.45) is 0 Å². The molecule has 0 unspecified atom stereocenters. The van der Waals surface area contributed by atoms with Gasteiger partial charge in [0.1, 0.15) is 5.01 Å². The number of rotatable bonds is 3. The molecule has 1 fully saturated rings. The maximum atomic E-state index is 4.33. The fourth-order valence-corrected chi connectivity index (χ4v) is 2.77. The molecule has 0 aliphatic carbocycles. The Bertz CT molecular complexity index is 382. The minimum atomic E-state index is 0. The summed E-state index contributed by atoms with van der Waals surface area (Å²) in [6.45, 7) is 15.2. The standard InChI is InChI=1S/C13H21N3S.C2H6.H2O/c1-11(10-12-15-6-9-17-12)13(2,3)16-7-4-14-5-8-16;1-2;/h6,9-10,14H,4-5,7-8H2,1-3H3;1-2H3;1H2/b11-10+;;. The first-order valence-corrected chi connectivity index (χ1v) is 8.03. The van der Waals surface area contributed by atoms with Gasteiger partial charge >= 0.3 is 0 Å². The predicted octanol–water partition coefficient (Wildman–Crippen LogP) is 2.43. The number of aromatic nitrogens is 1. The highest BCUT2D eigenvalue weighted by Gasteiger charge is 2.29. The Morgan fingerprint density at radius 1 is 1.35 bits per heavy atom. The van der Waals surface area contributed by atoms with E-state index in [0.29, 0.717) is 0 Å². The van der Waals surface area contributed by atoms with Crippen molar-refractivity contribution >= 4 is 17.4 Å². The molecule has 0 amide bonds. The van der Waals surface area contributed by atoms with Gasteiger partial charge in [-0.2, -0.15) is 0 Å². The summed E-state index contributed by atoms with van der Waals surface area (Å²) in [7, 11) is 0. The van der Waals surface area contributed by atoms with Crippen LogP contribution in [0.25, 0.3) is 6.08 Å². The van der Waals surface area contributed by atoms with Crippen LogP contribution in [0.4, 0.5) is 0 Å². The van der Waals surface area contributed by atoms with Crippen molar-refractivity contribution in [3.8, 4) is 0 Å². The predicted molar refractivity (Wildman–Crippen MR) is 89.2 cm³/mol. The van der Waals surface area contributed by atoms with E-state index in [1.165, 1.54) is 5.57 Å². The number of nitrogens with zero attached hydrogens (tertiary/aromatic N) is 2. The van der Waals surface area contributed by atoms with Crippen molar-refractivity contribution in [3.63, 3.8) is 0 Å². The van der Waals surface area contributed by atoms with Crippen LogP contribution in [0.15, 0.2) is 17.2 Å². The second-order valence-electron chi connectivity index (χ2n) is 4.99. The molecule has 1 aliphatic rings. The highest BCUT2D eigenvalue weighted by atomic mass is 32.1. The third-order valence-corrected chi connectivity index (χ3v) is 4.39. The Hall–Kier alpha value is -0.750. The molecule has 3 N–H and O–H groups in total. The molecular formula is C15H29N3OS. The molecule has 0 atom stereocenters. The number of piperazine rings is 1. The Morgan fingerprint density at radius 2 is 1.95 bits per heavy atom. The molecule has 1 aromatic rings. The molecule has 1 saturated heterocycles. The van der Waals surface area contributed by atoms with Crippen LogP contribution in [-0.4, -0.2) is 47.1 Å². The minimum absolute atomic E-state index is 0. The first-order valence-electron chi connectivity index (χ1n) is 7.15. The van der Waals surface area contributed by atoms with Crippen LogP contribution in [0, 0.1) is 0 Å². The molecule has 5 heteroatoms. The molecule has 0 bridgehead atoms. The van der Waals surface area contributed by atoms with Crippen molar-refractivity contribution in [1.29, 1.82) is 0 Å². The first kappa shape index (κ1) is 19.2. The molecule has 4 nitrogen and oxygen atoms in total. The maximum absolute atomic E-state index is 4.33. The topological polar surface area (TPSA) is 59.7 Å². The molecule has 0 aromatic carbocycles. The van der Waals surface area contributed by atoms with E-state index in [9.17, 15) is 0 Å². The van der Waals surface area contributed by atoms with Gasteiger partial charge in [-0.1, -0.05) is 19.4 Å². The molecule has 0 saturated carbocycles. The van der Waals surface area contributed by atoms with Crippen LogP contribution in [0.2, 0.25) is 0 Å². The molecule has 1 aliphatic heterocycles. The van der Waals surface area contributed by atoms with Crippen molar-refractivity contribution < 1.29 is 5.48 Å². The Morgan fingerprint density at radius 3 is 2.45 bits per heavy atom. The lowest BCUT2D eigenvalue weighted by Crippen LogP contribution is -2.53. The summed E-state index contributed by atoms with van der Waals surface area (Å²) < 4.78 is 0. The Labute approximate surface area is 127 Å². The van der Waals surface area contributed by atoms with Crippen molar-refractivity contribution in [1.82, 2.24) is 15.2 Å². The summed E-state index contributed by atoms with van der Waals surface area (Å²) in [5, 5.41) is 6.53. The van der Waals surface area contributed by atoms with Gasteiger partial charge in [-0.3, -0.25) is 4.90 Å². The lowest BCUT2D eigenvalue weighted by Gasteiger charge is -2.42. The second kappa shape index (κ2) is 9.23. The lowest BCUT2D eigenvalue weighted by molar-refractivity contribution is 0.133. The van der Waals surface area contributed by atoms with E-state index in [1.807, 2.05) is 25.4 Å². The average molecular weight is 299 g/mol. The maximum Gasteiger partial charge on any atom is 0.116 e. The van der Waals surface area contributed by atoms with E-state index in [1.54, 1.807) is 11.3 Å². The summed E-state index contributed by atoms with van der Waals surface area (Å²) in [4.78, 5) is 6.87. The van der Waals surface area contributed by atoms with Gasteiger partial charge in [-0.05, 0) is 26.8 Å². The van der Waals surface area contributed by atoms with Crippen LogP contribution < -0.4 is 5.32 Å². The molecule has 20 heavy (non-hydrogen) atoms. The molecule has 2 rings (SSSR count). The van der Waals surface area contributed by atoms with Gasteiger partial charge in [0.15, 0.2) is 0 Å². The number of hydrogen-bond acceptors (Lipinski definition) is 4. The molecule has 1 aromatic heterocycles. The summed E-state index contributed by atoms with van der Waals surface area (Å²) in [6.07, 6.45) is 4.08. The van der Waals surface area contributed by atoms with Gasteiger partial charge in [0.2, 0.25) is 0 Å². The van der Waals surface area contributed by atoms with Gasteiger partial charge in [0, 0.05) is 43.3 Å². The summed E-state index contributed by atoms with van der Waals surface area (Å²) in [5.74, 6) is 0. The molecule has 2 heterocycles. The third kappa shape index (κ3) is 4.98. The Balaban J connectivity index is 0.00000115. The third-order valence-electron chi connectivity index (χ3n) is 3.66. The zero-order valence-corrected chi connectivity index (χ0v) is 14.2. The van der Waals surface area contributed by atoms with Crippen molar-refractivity contribution in [2.45, 2.75) is 40.2 Å². The smallest absolute Gasteiger partial charge is 0.116 e. The van der Waals surface area contributed by atoms with Crippen molar-refractivity contribution in [2.75, 3.05) is 26.2 Å². The van der Waals surface area contributed by atoms with Crippen molar-refractivity contribution in [3.05, 3.63) is 22.2 Å². The van der Waals surface area contributed by atoms with Gasteiger partial charge in [-0.25, -0.2) is 4.98 Å². The molecular weight excluding hydrogens is 270 g/mol. The first-order chi connectivity index (χ1) is 9.10. The number of hydrogen-bond donors (Lipinski definition) is 1. The average Bonchev–Trinajstić information content (AvgIpc) is 2.95. The number of thiazole rings is 1. The van der Waals surface area contributed by atoms with Crippen LogP contribution in [0.1, 0.15) is 39.6 Å². The van der Waals surface area contributed by atoms with E-state index >= 15 is 0 Å². The SMILES string of the molecule is C/C(=C\c1nccs1)C(C)(C)N1CCNCC1.CC.O. The minimum Gasteiger partial charge on any atom is -0.412 e. The summed E-state index contributed by atoms with van der Waals surface area (Å²) >= 11 is 1.70. The van der Waals surface area contributed by atoms with Gasteiger partial charge in [-0.15, -0.1) is 11.3 Å². The molecule has 0 spiro atoms. The van der Waals surface area contributed by atoms with E-state index < -0.39 is 0 Å². The van der Waals surface area contributed by atoms with Gasteiger partial charge < -0.3 is 10.8 Å². The van der Waals surface area contributed by atoms with Crippen LogP contribution >= 0.6 is 11.3 Å². The zero-order valence-electron chi connectivity index (χ0n) is 13.4. The molecule has 116 valence electrons. The van der Waals surface area contributed by atoms with Crippen LogP contribution in [0.3, 0.4) is 0 Å². The van der Waals surface area contributed by atoms with Gasteiger partial charge in [0.05, 0.1) is 0 Å². The Kier molecular flexibility index (Phi) is 8.89.